The second kappa shape index (κ2) is 8.79. The van der Waals surface area contributed by atoms with Crippen LogP contribution in [0.2, 0.25) is 5.02 Å². The smallest absolute Gasteiger partial charge is 0.337 e. The molecule has 2 heterocycles. The molecule has 1 amide bonds. The number of nitrogens with zero attached hydrogens (tertiary/aromatic N) is 2. The second-order valence-electron chi connectivity index (χ2n) is 5.94. The van der Waals surface area contributed by atoms with Crippen LogP contribution in [0.3, 0.4) is 0 Å². The predicted molar refractivity (Wildman–Crippen MR) is 100 cm³/mol. The van der Waals surface area contributed by atoms with Gasteiger partial charge in [-0.2, -0.15) is 0 Å². The molecule has 1 aromatic heterocycles. The van der Waals surface area contributed by atoms with Crippen molar-refractivity contribution in [3.05, 3.63) is 46.9 Å². The minimum absolute atomic E-state index is 0.122. The fourth-order valence-corrected chi connectivity index (χ4v) is 2.78. The quantitative estimate of drug-likeness (QED) is 0.731. The molecular weight excluding hydrogens is 372 g/mol. The van der Waals surface area contributed by atoms with Crippen molar-refractivity contribution in [3.63, 3.8) is 0 Å². The molecular formula is C18H19ClN4O4. The van der Waals surface area contributed by atoms with Crippen LogP contribution in [-0.4, -0.2) is 48.2 Å². The zero-order chi connectivity index (χ0) is 19.2. The number of benzene rings is 1. The van der Waals surface area contributed by atoms with Crippen molar-refractivity contribution in [2.45, 2.75) is 18.9 Å². The summed E-state index contributed by atoms with van der Waals surface area (Å²) in [6.45, 7) is 1.44. The lowest BCUT2D eigenvalue weighted by atomic mass is 10.2. The van der Waals surface area contributed by atoms with E-state index in [1.165, 1.54) is 37.7 Å². The van der Waals surface area contributed by atoms with Crippen molar-refractivity contribution in [1.29, 1.82) is 0 Å². The van der Waals surface area contributed by atoms with E-state index < -0.39 is 11.9 Å². The number of halogens is 1. The summed E-state index contributed by atoms with van der Waals surface area (Å²) in [6.07, 6.45) is 5.11. The van der Waals surface area contributed by atoms with E-state index in [0.29, 0.717) is 17.4 Å². The largest absolute Gasteiger partial charge is 0.465 e. The lowest BCUT2D eigenvalue weighted by Crippen LogP contribution is -2.20. The number of aromatic nitrogens is 2. The summed E-state index contributed by atoms with van der Waals surface area (Å²) >= 11 is 6.08. The van der Waals surface area contributed by atoms with Gasteiger partial charge in [0.1, 0.15) is 11.5 Å². The van der Waals surface area contributed by atoms with E-state index in [9.17, 15) is 9.59 Å². The molecule has 1 aliphatic rings. The summed E-state index contributed by atoms with van der Waals surface area (Å²) in [7, 11) is 1.28. The number of hydrogen-bond donors (Lipinski definition) is 2. The average Bonchev–Trinajstić information content (AvgIpc) is 3.21. The van der Waals surface area contributed by atoms with Crippen molar-refractivity contribution in [2.24, 2.45) is 0 Å². The van der Waals surface area contributed by atoms with Gasteiger partial charge in [-0.15, -0.1) is 0 Å². The van der Waals surface area contributed by atoms with Crippen LogP contribution in [-0.2, 0) is 9.47 Å². The highest BCUT2D eigenvalue weighted by atomic mass is 35.5. The first-order valence-corrected chi connectivity index (χ1v) is 8.81. The number of methoxy groups -OCH3 is 1. The Hall–Kier alpha value is -2.71. The van der Waals surface area contributed by atoms with E-state index in [2.05, 4.69) is 25.3 Å². The number of ether oxygens (including phenoxy) is 2. The molecule has 27 heavy (non-hydrogen) atoms. The Kier molecular flexibility index (Phi) is 6.20. The molecule has 2 aromatic rings. The van der Waals surface area contributed by atoms with Gasteiger partial charge in [-0.1, -0.05) is 11.6 Å². The molecule has 1 aliphatic heterocycles. The minimum atomic E-state index is -0.524. The van der Waals surface area contributed by atoms with Gasteiger partial charge >= 0.3 is 5.97 Å². The van der Waals surface area contributed by atoms with Crippen molar-refractivity contribution >= 4 is 35.0 Å². The zero-order valence-electron chi connectivity index (χ0n) is 14.7. The van der Waals surface area contributed by atoms with Gasteiger partial charge in [0.05, 0.1) is 41.9 Å². The van der Waals surface area contributed by atoms with Gasteiger partial charge < -0.3 is 20.1 Å². The van der Waals surface area contributed by atoms with Gasteiger partial charge in [0, 0.05) is 13.2 Å². The van der Waals surface area contributed by atoms with Gasteiger partial charge in [-0.25, -0.2) is 14.8 Å². The van der Waals surface area contributed by atoms with E-state index >= 15 is 0 Å². The number of amides is 1. The van der Waals surface area contributed by atoms with Crippen LogP contribution in [0.4, 0.5) is 11.5 Å². The normalized spacial score (nSPS) is 16.0. The first-order valence-electron chi connectivity index (χ1n) is 8.43. The maximum Gasteiger partial charge on any atom is 0.337 e. The van der Waals surface area contributed by atoms with Crippen LogP contribution in [0.15, 0.2) is 30.6 Å². The maximum absolute atomic E-state index is 12.4. The molecule has 1 saturated heterocycles. The molecule has 9 heteroatoms. The molecule has 1 unspecified atom stereocenters. The summed E-state index contributed by atoms with van der Waals surface area (Å²) in [4.78, 5) is 32.3. The predicted octanol–water partition coefficient (Wildman–Crippen LogP) is 2.76. The van der Waals surface area contributed by atoms with Gasteiger partial charge in [-0.05, 0) is 31.0 Å². The van der Waals surface area contributed by atoms with E-state index in [1.54, 1.807) is 0 Å². The molecule has 0 aliphatic carbocycles. The third-order valence-corrected chi connectivity index (χ3v) is 4.38. The fourth-order valence-electron chi connectivity index (χ4n) is 2.61. The topological polar surface area (TPSA) is 102 Å². The van der Waals surface area contributed by atoms with Crippen LogP contribution >= 0.6 is 11.6 Å². The molecule has 1 aromatic carbocycles. The van der Waals surface area contributed by atoms with Crippen LogP contribution in [0.5, 0.6) is 0 Å². The number of esters is 1. The third-order valence-electron chi connectivity index (χ3n) is 4.05. The number of nitrogens with one attached hydrogen (secondary N) is 2. The van der Waals surface area contributed by atoms with Crippen molar-refractivity contribution in [3.8, 4) is 0 Å². The van der Waals surface area contributed by atoms with Gasteiger partial charge in [-0.3, -0.25) is 4.79 Å². The monoisotopic (exact) mass is 390 g/mol. The molecule has 0 spiro atoms. The second-order valence-corrected chi connectivity index (χ2v) is 6.35. The molecule has 1 atom stereocenters. The summed E-state index contributed by atoms with van der Waals surface area (Å²) in [5, 5.41) is 6.05. The Balaban J connectivity index is 1.63. The van der Waals surface area contributed by atoms with Crippen molar-refractivity contribution in [2.75, 3.05) is 30.9 Å². The highest BCUT2D eigenvalue weighted by molar-refractivity contribution is 6.34. The van der Waals surface area contributed by atoms with Crippen LogP contribution in [0.25, 0.3) is 0 Å². The number of carbonyl (C=O) groups excluding carboxylic acids is 2. The number of rotatable bonds is 6. The Morgan fingerprint density at radius 2 is 2.19 bits per heavy atom. The van der Waals surface area contributed by atoms with E-state index in [1.807, 2.05) is 0 Å². The lowest BCUT2D eigenvalue weighted by molar-refractivity contribution is 0.0600. The fraction of sp³-hybridized carbons (Fsp3) is 0.333. The highest BCUT2D eigenvalue weighted by Gasteiger charge is 2.16. The standard InChI is InChI=1S/C18H19ClN4O4/c1-26-18(25)11-4-5-13(19)14(7-11)23-17(24)15-9-22-16(10-20-15)21-8-12-3-2-6-27-12/h4-5,7,9-10,12H,2-3,6,8H2,1H3,(H,21,22)(H,23,24). The lowest BCUT2D eigenvalue weighted by Gasteiger charge is -2.11. The molecule has 3 rings (SSSR count). The third kappa shape index (κ3) is 4.93. The summed E-state index contributed by atoms with van der Waals surface area (Å²) < 4.78 is 10.2. The Morgan fingerprint density at radius 1 is 1.33 bits per heavy atom. The van der Waals surface area contributed by atoms with Crippen LogP contribution in [0.1, 0.15) is 33.7 Å². The van der Waals surface area contributed by atoms with Gasteiger partial charge in [0.2, 0.25) is 0 Å². The average molecular weight is 391 g/mol. The van der Waals surface area contributed by atoms with Crippen molar-refractivity contribution in [1.82, 2.24) is 9.97 Å². The van der Waals surface area contributed by atoms with E-state index in [4.69, 9.17) is 16.3 Å². The van der Waals surface area contributed by atoms with Crippen LogP contribution < -0.4 is 10.6 Å². The first kappa shape index (κ1) is 19.1. The van der Waals surface area contributed by atoms with E-state index in [-0.39, 0.29) is 23.0 Å². The number of anilines is 2. The number of hydrogen-bond acceptors (Lipinski definition) is 7. The van der Waals surface area contributed by atoms with Crippen molar-refractivity contribution < 1.29 is 19.1 Å². The minimum Gasteiger partial charge on any atom is -0.465 e. The number of carbonyl (C=O) groups is 2. The molecule has 142 valence electrons. The molecule has 1 fully saturated rings. The summed E-state index contributed by atoms with van der Waals surface area (Å²) in [5.41, 5.74) is 0.682. The SMILES string of the molecule is COC(=O)c1ccc(Cl)c(NC(=O)c2cnc(NCC3CCCO3)cn2)c1. The Labute approximate surface area is 161 Å². The van der Waals surface area contributed by atoms with Gasteiger partial charge in [0.15, 0.2) is 0 Å². The maximum atomic E-state index is 12.4. The highest BCUT2D eigenvalue weighted by Crippen LogP contribution is 2.24. The summed E-state index contributed by atoms with van der Waals surface area (Å²) in [5.74, 6) is -0.450. The molecule has 0 saturated carbocycles. The molecule has 8 nitrogen and oxygen atoms in total. The Bertz CT molecular complexity index is 823. The molecule has 2 N–H and O–H groups in total. The first-order chi connectivity index (χ1) is 13.1. The van der Waals surface area contributed by atoms with Crippen LogP contribution in [0, 0.1) is 0 Å². The van der Waals surface area contributed by atoms with Gasteiger partial charge in [0.25, 0.3) is 5.91 Å². The molecule has 0 bridgehead atoms. The molecule has 0 radical (unpaired) electrons. The Morgan fingerprint density at radius 3 is 2.85 bits per heavy atom. The van der Waals surface area contributed by atoms with E-state index in [0.717, 1.165) is 19.4 Å². The zero-order valence-corrected chi connectivity index (χ0v) is 15.5. The summed E-state index contributed by atoms with van der Waals surface area (Å²) in [6, 6.07) is 4.46.